The van der Waals surface area contributed by atoms with E-state index in [4.69, 9.17) is 4.74 Å². The smallest absolute Gasteiger partial charge is 0.377 e. The molecule has 1 N–H and O–H groups in total. The quantitative estimate of drug-likeness (QED) is 0.192. The fourth-order valence-electron chi connectivity index (χ4n) is 5.13. The lowest BCUT2D eigenvalue weighted by molar-refractivity contribution is -0.171. The molecule has 16 heteroatoms. The van der Waals surface area contributed by atoms with E-state index in [2.05, 4.69) is 5.32 Å². The Morgan fingerprint density at radius 3 is 1.87 bits per heavy atom. The van der Waals surface area contributed by atoms with Gasteiger partial charge in [0.25, 0.3) is 0 Å². The van der Waals surface area contributed by atoms with Crippen LogP contribution >= 0.6 is 0 Å². The zero-order chi connectivity index (χ0) is 34.1. The molecule has 4 rings (SSSR count). The minimum Gasteiger partial charge on any atom is -0.377 e. The predicted octanol–water partition coefficient (Wildman–Crippen LogP) is 8.85. The Bertz CT molecular complexity index is 1480. The van der Waals surface area contributed by atoms with Gasteiger partial charge in [0, 0.05) is 30.9 Å². The molecule has 4 nitrogen and oxygen atoms in total. The normalized spacial score (nSPS) is 17.6. The number of fused-ring (bicyclic) bond motifs is 1. The number of benzene rings is 3. The van der Waals surface area contributed by atoms with Gasteiger partial charge in [0.2, 0.25) is 0 Å². The van der Waals surface area contributed by atoms with Gasteiger partial charge in [0.1, 0.15) is 0 Å². The van der Waals surface area contributed by atoms with Gasteiger partial charge in [0.05, 0.1) is 23.3 Å². The minimum atomic E-state index is -5.44. The maximum Gasteiger partial charge on any atom is 0.471 e. The van der Waals surface area contributed by atoms with Crippen LogP contribution in [0, 0.1) is 0 Å². The van der Waals surface area contributed by atoms with E-state index >= 15 is 0 Å². The molecular weight excluding hydrogens is 648 g/mol. The second-order valence-electron chi connectivity index (χ2n) is 10.5. The van der Waals surface area contributed by atoms with Gasteiger partial charge in [-0.05, 0) is 65.9 Å². The maximum atomic E-state index is 13.7. The Balaban J connectivity index is 1.70. The SMILES string of the molecule is O=C(N1c2ccc(C(F)(F)F)cc2[C@@H](NCc2cc(C(F)(F)F)cc(C(F)(F)F)c2)C[C@H]1CCOCc1ccccc1)C(F)(F)F. The van der Waals surface area contributed by atoms with E-state index in [1.165, 1.54) is 0 Å². The first kappa shape index (κ1) is 35.1. The lowest BCUT2D eigenvalue weighted by Gasteiger charge is -2.42. The number of hydrogen-bond donors (Lipinski definition) is 1. The number of rotatable bonds is 8. The third-order valence-corrected chi connectivity index (χ3v) is 7.23. The number of halogens is 12. The minimum absolute atomic E-state index is 0.0467. The highest BCUT2D eigenvalue weighted by Gasteiger charge is 2.48. The van der Waals surface area contributed by atoms with Crippen molar-refractivity contribution in [3.8, 4) is 0 Å². The fraction of sp³-hybridized carbons (Fsp3) is 0.367. The van der Waals surface area contributed by atoms with Crippen molar-refractivity contribution in [2.45, 2.75) is 62.8 Å². The van der Waals surface area contributed by atoms with E-state index in [9.17, 15) is 57.5 Å². The van der Waals surface area contributed by atoms with E-state index in [1.54, 1.807) is 30.3 Å². The summed E-state index contributed by atoms with van der Waals surface area (Å²) in [7, 11) is 0. The molecule has 3 aromatic rings. The molecule has 0 spiro atoms. The molecule has 2 atom stereocenters. The van der Waals surface area contributed by atoms with Crippen LogP contribution in [0.4, 0.5) is 58.4 Å². The highest BCUT2D eigenvalue weighted by Crippen LogP contribution is 2.44. The molecule has 1 amide bonds. The summed E-state index contributed by atoms with van der Waals surface area (Å²) in [6.07, 6.45) is -21.5. The summed E-state index contributed by atoms with van der Waals surface area (Å²) in [6.45, 7) is -0.894. The van der Waals surface area contributed by atoms with Crippen LogP contribution in [0.2, 0.25) is 0 Å². The second kappa shape index (κ2) is 13.1. The average Bonchev–Trinajstić information content (AvgIpc) is 2.96. The number of nitrogens with zero attached hydrogens (tertiary/aromatic N) is 1. The zero-order valence-corrected chi connectivity index (χ0v) is 23.3. The van der Waals surface area contributed by atoms with E-state index < -0.39 is 89.2 Å². The van der Waals surface area contributed by atoms with Gasteiger partial charge in [-0.2, -0.15) is 52.7 Å². The third kappa shape index (κ3) is 8.51. The Morgan fingerprint density at radius 2 is 1.33 bits per heavy atom. The number of hydrogen-bond acceptors (Lipinski definition) is 3. The van der Waals surface area contributed by atoms with Gasteiger partial charge in [-0.15, -0.1) is 0 Å². The van der Waals surface area contributed by atoms with E-state index in [0.717, 1.165) is 5.56 Å². The summed E-state index contributed by atoms with van der Waals surface area (Å²) in [5.74, 6) is -2.37. The van der Waals surface area contributed by atoms with Gasteiger partial charge < -0.3 is 15.0 Å². The van der Waals surface area contributed by atoms with Crippen molar-refractivity contribution in [1.29, 1.82) is 0 Å². The molecular formula is C30H24F12N2O2. The Hall–Kier alpha value is -3.79. The highest BCUT2D eigenvalue weighted by atomic mass is 19.4. The molecule has 0 aromatic heterocycles. The molecule has 0 bridgehead atoms. The van der Waals surface area contributed by atoms with E-state index in [-0.39, 0.29) is 25.7 Å². The van der Waals surface area contributed by atoms with Gasteiger partial charge >= 0.3 is 30.6 Å². The number of amides is 1. The van der Waals surface area contributed by atoms with Crippen LogP contribution in [0.1, 0.15) is 52.3 Å². The molecule has 3 aromatic carbocycles. The first-order chi connectivity index (χ1) is 21.2. The van der Waals surface area contributed by atoms with Gasteiger partial charge in [-0.1, -0.05) is 30.3 Å². The van der Waals surface area contributed by atoms with Crippen molar-refractivity contribution in [3.63, 3.8) is 0 Å². The van der Waals surface area contributed by atoms with Crippen LogP contribution < -0.4 is 10.2 Å². The summed E-state index contributed by atoms with van der Waals surface area (Å²) >= 11 is 0. The molecule has 0 unspecified atom stereocenters. The van der Waals surface area contributed by atoms with Crippen molar-refractivity contribution >= 4 is 11.6 Å². The second-order valence-corrected chi connectivity index (χ2v) is 10.5. The van der Waals surface area contributed by atoms with Crippen LogP contribution in [0.15, 0.2) is 66.7 Å². The summed E-state index contributed by atoms with van der Waals surface area (Å²) in [5.41, 5.74) is -5.36. The topological polar surface area (TPSA) is 41.6 Å². The first-order valence-electron chi connectivity index (χ1n) is 13.5. The molecule has 250 valence electrons. The molecule has 1 aliphatic rings. The molecule has 0 aliphatic carbocycles. The Labute approximate surface area is 253 Å². The molecule has 46 heavy (non-hydrogen) atoms. The Kier molecular flexibility index (Phi) is 10.0. The van der Waals surface area contributed by atoms with Crippen molar-refractivity contribution in [2.75, 3.05) is 11.5 Å². The average molecular weight is 673 g/mol. The fourth-order valence-corrected chi connectivity index (χ4v) is 5.13. The number of alkyl halides is 12. The summed E-state index contributed by atoms with van der Waals surface area (Å²) in [5, 5.41) is 2.61. The number of nitrogens with one attached hydrogen (secondary N) is 1. The number of carbonyl (C=O) groups is 1. The van der Waals surface area contributed by atoms with Crippen LogP contribution in [-0.4, -0.2) is 24.7 Å². The van der Waals surface area contributed by atoms with Crippen LogP contribution in [0.25, 0.3) is 0 Å². The van der Waals surface area contributed by atoms with E-state index in [1.807, 2.05) is 0 Å². The van der Waals surface area contributed by atoms with E-state index in [0.29, 0.717) is 35.2 Å². The van der Waals surface area contributed by atoms with Crippen molar-refractivity contribution in [1.82, 2.24) is 5.32 Å². The molecule has 1 heterocycles. The van der Waals surface area contributed by atoms with Crippen molar-refractivity contribution in [3.05, 3.63) is 100 Å². The summed E-state index contributed by atoms with van der Waals surface area (Å²) in [4.78, 5) is 12.9. The number of anilines is 1. The van der Waals surface area contributed by atoms with Gasteiger partial charge in [-0.25, -0.2) is 0 Å². The number of ether oxygens (including phenoxy) is 1. The molecule has 0 saturated carbocycles. The molecule has 1 aliphatic heterocycles. The van der Waals surface area contributed by atoms with Crippen molar-refractivity contribution < 1.29 is 62.2 Å². The molecule has 0 fully saturated rings. The maximum absolute atomic E-state index is 13.7. The Morgan fingerprint density at radius 1 is 0.739 bits per heavy atom. The lowest BCUT2D eigenvalue weighted by atomic mass is 9.88. The monoisotopic (exact) mass is 672 g/mol. The third-order valence-electron chi connectivity index (χ3n) is 7.23. The summed E-state index contributed by atoms with van der Waals surface area (Å²) in [6, 6.07) is 8.35. The van der Waals surface area contributed by atoms with Gasteiger partial charge in [0.15, 0.2) is 0 Å². The van der Waals surface area contributed by atoms with Crippen LogP contribution in [-0.2, 0) is 41.2 Å². The zero-order valence-electron chi connectivity index (χ0n) is 23.3. The summed E-state index contributed by atoms with van der Waals surface area (Å²) < 4.78 is 168. The predicted molar refractivity (Wildman–Crippen MR) is 140 cm³/mol. The number of carbonyl (C=O) groups excluding carboxylic acids is 1. The van der Waals surface area contributed by atoms with Crippen molar-refractivity contribution in [2.24, 2.45) is 0 Å². The van der Waals surface area contributed by atoms with Crippen LogP contribution in [0.5, 0.6) is 0 Å². The first-order valence-corrected chi connectivity index (χ1v) is 13.5. The molecule has 0 saturated heterocycles. The highest BCUT2D eigenvalue weighted by molar-refractivity contribution is 5.99. The van der Waals surface area contributed by atoms with Gasteiger partial charge in [-0.3, -0.25) is 4.79 Å². The van der Waals surface area contributed by atoms with Crippen LogP contribution in [0.3, 0.4) is 0 Å². The largest absolute Gasteiger partial charge is 0.471 e. The lowest BCUT2D eigenvalue weighted by Crippen LogP contribution is -2.52. The standard InChI is InChI=1S/C30H24F12N2O2/c31-27(32,33)19-6-7-25-23(13-19)24(43-15-18-10-20(28(34,35)36)12-21(11-18)29(37,38)39)14-22(44(25)26(45)30(40,41)42)8-9-46-16-17-4-2-1-3-5-17/h1-7,10-13,22,24,43H,8-9,14-16H2/t22-,24+/m1/s1. The molecule has 0 radical (unpaired) electrons.